The number of thiol groups is 1. The zero-order valence-corrected chi connectivity index (χ0v) is 10.6. The number of aromatic nitrogens is 2. The molecule has 0 bridgehead atoms. The molecular formula is C10H9ClN4O2S. The SMILES string of the molecule is O=C(O)C1=C(Cl)C=C(Nc2ccncn2)C(S)N1. The molecule has 18 heavy (non-hydrogen) atoms. The minimum absolute atomic E-state index is 0.0788. The highest BCUT2D eigenvalue weighted by Crippen LogP contribution is 2.23. The molecule has 0 radical (unpaired) electrons. The summed E-state index contributed by atoms with van der Waals surface area (Å²) in [7, 11) is 0. The van der Waals surface area contributed by atoms with Crippen LogP contribution in [0.5, 0.6) is 0 Å². The van der Waals surface area contributed by atoms with E-state index in [0.29, 0.717) is 11.5 Å². The van der Waals surface area contributed by atoms with Crippen LogP contribution in [0.15, 0.2) is 41.1 Å². The van der Waals surface area contributed by atoms with Gasteiger partial charge in [0.25, 0.3) is 0 Å². The zero-order valence-electron chi connectivity index (χ0n) is 8.96. The number of hydrogen-bond acceptors (Lipinski definition) is 6. The summed E-state index contributed by atoms with van der Waals surface area (Å²) in [6, 6.07) is 1.67. The van der Waals surface area contributed by atoms with Gasteiger partial charge in [-0.2, -0.15) is 0 Å². The van der Waals surface area contributed by atoms with E-state index in [1.807, 2.05) is 0 Å². The van der Waals surface area contributed by atoms with Crippen LogP contribution < -0.4 is 10.6 Å². The van der Waals surface area contributed by atoms with Crippen LogP contribution >= 0.6 is 24.2 Å². The van der Waals surface area contributed by atoms with E-state index in [4.69, 9.17) is 16.7 Å². The summed E-state index contributed by atoms with van der Waals surface area (Å²) < 4.78 is 0. The molecule has 0 fully saturated rings. The molecule has 0 spiro atoms. The maximum Gasteiger partial charge on any atom is 0.353 e. The van der Waals surface area contributed by atoms with Crippen LogP contribution in [0.25, 0.3) is 0 Å². The Balaban J connectivity index is 2.24. The quantitative estimate of drug-likeness (QED) is 0.623. The van der Waals surface area contributed by atoms with Crippen molar-refractivity contribution in [2.75, 3.05) is 5.32 Å². The van der Waals surface area contributed by atoms with Crippen LogP contribution in [0.1, 0.15) is 0 Å². The number of carbonyl (C=O) groups is 1. The monoisotopic (exact) mass is 284 g/mol. The van der Waals surface area contributed by atoms with Gasteiger partial charge in [-0.1, -0.05) is 11.6 Å². The second-order valence-electron chi connectivity index (χ2n) is 3.39. The number of allylic oxidation sites excluding steroid dienone is 2. The number of carboxylic acids is 1. The summed E-state index contributed by atoms with van der Waals surface area (Å²) in [5.74, 6) is -0.559. The summed E-state index contributed by atoms with van der Waals surface area (Å²) in [5.41, 5.74) is 0.525. The topological polar surface area (TPSA) is 87.1 Å². The largest absolute Gasteiger partial charge is 0.477 e. The summed E-state index contributed by atoms with van der Waals surface area (Å²) in [5, 5.41) is 14.1. The summed E-state index contributed by atoms with van der Waals surface area (Å²) in [6.45, 7) is 0. The van der Waals surface area contributed by atoms with Crippen molar-refractivity contribution in [3.05, 3.63) is 41.1 Å². The van der Waals surface area contributed by atoms with Crippen molar-refractivity contribution in [1.82, 2.24) is 15.3 Å². The number of anilines is 1. The molecule has 1 atom stereocenters. The lowest BCUT2D eigenvalue weighted by atomic mass is 10.2. The fourth-order valence-electron chi connectivity index (χ4n) is 1.35. The van der Waals surface area contributed by atoms with E-state index in [2.05, 4.69) is 33.2 Å². The number of nitrogens with one attached hydrogen (secondary N) is 2. The predicted octanol–water partition coefficient (Wildman–Crippen LogP) is 1.17. The first-order valence-corrected chi connectivity index (χ1v) is 5.79. The number of rotatable bonds is 3. The highest BCUT2D eigenvalue weighted by atomic mass is 35.5. The second kappa shape index (κ2) is 5.28. The predicted molar refractivity (Wildman–Crippen MR) is 70.2 cm³/mol. The number of hydrogen-bond donors (Lipinski definition) is 4. The van der Waals surface area contributed by atoms with Crippen molar-refractivity contribution in [2.24, 2.45) is 0 Å². The van der Waals surface area contributed by atoms with Crippen molar-refractivity contribution in [3.8, 4) is 0 Å². The van der Waals surface area contributed by atoms with E-state index < -0.39 is 11.3 Å². The number of dihydropyridines is 1. The second-order valence-corrected chi connectivity index (χ2v) is 4.32. The van der Waals surface area contributed by atoms with E-state index in [9.17, 15) is 4.79 Å². The minimum atomic E-state index is -1.13. The van der Waals surface area contributed by atoms with Crippen LogP contribution in [-0.4, -0.2) is 26.4 Å². The number of nitrogens with zero attached hydrogens (tertiary/aromatic N) is 2. The summed E-state index contributed by atoms with van der Waals surface area (Å²) >= 11 is 10.1. The van der Waals surface area contributed by atoms with Crippen LogP contribution in [0, 0.1) is 0 Å². The van der Waals surface area contributed by atoms with Gasteiger partial charge >= 0.3 is 5.97 Å². The van der Waals surface area contributed by atoms with Gasteiger partial charge in [-0.25, -0.2) is 14.8 Å². The lowest BCUT2D eigenvalue weighted by Crippen LogP contribution is -2.35. The molecule has 2 rings (SSSR count). The van der Waals surface area contributed by atoms with Crippen molar-refractivity contribution in [2.45, 2.75) is 5.37 Å². The molecule has 1 aromatic heterocycles. The first-order valence-electron chi connectivity index (χ1n) is 4.90. The Kier molecular flexibility index (Phi) is 3.73. The smallest absolute Gasteiger partial charge is 0.353 e. The fourth-order valence-corrected chi connectivity index (χ4v) is 1.87. The molecule has 0 saturated heterocycles. The number of carboxylic acid groups (broad SMARTS) is 1. The molecule has 3 N–H and O–H groups in total. The summed E-state index contributed by atoms with van der Waals surface area (Å²) in [4.78, 5) is 18.6. The average molecular weight is 285 g/mol. The van der Waals surface area contributed by atoms with Crippen LogP contribution in [0.4, 0.5) is 5.82 Å². The van der Waals surface area contributed by atoms with Crippen LogP contribution in [-0.2, 0) is 4.79 Å². The number of aliphatic carboxylic acids is 1. The summed E-state index contributed by atoms with van der Waals surface area (Å²) in [6.07, 6.45) is 4.48. The molecule has 0 aliphatic carbocycles. The Morgan fingerprint density at radius 3 is 3.00 bits per heavy atom. The van der Waals surface area contributed by atoms with Gasteiger partial charge in [0.1, 0.15) is 23.2 Å². The van der Waals surface area contributed by atoms with Crippen molar-refractivity contribution >= 4 is 36.0 Å². The standard InChI is InChI=1S/C10H9ClN4O2S/c11-5-3-6(9(18)15-8(5)10(16)17)14-7-1-2-12-4-13-7/h1-4,9,15,18H,(H,16,17)(H,12,13,14). The third kappa shape index (κ3) is 2.74. The van der Waals surface area contributed by atoms with Gasteiger partial charge in [0, 0.05) is 6.20 Å². The zero-order chi connectivity index (χ0) is 13.1. The van der Waals surface area contributed by atoms with Gasteiger partial charge in [0.05, 0.1) is 10.7 Å². The fraction of sp³-hybridized carbons (Fsp3) is 0.100. The van der Waals surface area contributed by atoms with Crippen LogP contribution in [0.3, 0.4) is 0 Å². The third-order valence-electron chi connectivity index (χ3n) is 2.16. The molecule has 8 heteroatoms. The molecular weight excluding hydrogens is 276 g/mol. The minimum Gasteiger partial charge on any atom is -0.477 e. The molecule has 1 aliphatic heterocycles. The molecule has 94 valence electrons. The molecule has 1 unspecified atom stereocenters. The maximum atomic E-state index is 10.9. The molecule has 1 aromatic rings. The van der Waals surface area contributed by atoms with Crippen molar-refractivity contribution < 1.29 is 9.90 Å². The molecule has 2 heterocycles. The maximum absolute atomic E-state index is 10.9. The highest BCUT2D eigenvalue weighted by Gasteiger charge is 2.23. The van der Waals surface area contributed by atoms with Gasteiger partial charge in [-0.15, -0.1) is 12.6 Å². The highest BCUT2D eigenvalue weighted by molar-refractivity contribution is 7.81. The first-order chi connectivity index (χ1) is 8.58. The average Bonchev–Trinajstić information content (AvgIpc) is 2.34. The third-order valence-corrected chi connectivity index (χ3v) is 2.87. The van der Waals surface area contributed by atoms with E-state index in [-0.39, 0.29) is 10.7 Å². The number of halogens is 1. The Bertz CT molecular complexity index is 532. The van der Waals surface area contributed by atoms with E-state index in [1.54, 1.807) is 12.3 Å². The normalized spacial score (nSPS) is 19.0. The Morgan fingerprint density at radius 1 is 1.61 bits per heavy atom. The Morgan fingerprint density at radius 2 is 2.39 bits per heavy atom. The van der Waals surface area contributed by atoms with Crippen molar-refractivity contribution in [1.29, 1.82) is 0 Å². The molecule has 0 saturated carbocycles. The van der Waals surface area contributed by atoms with Gasteiger partial charge in [0.15, 0.2) is 0 Å². The van der Waals surface area contributed by atoms with Gasteiger partial charge < -0.3 is 15.7 Å². The van der Waals surface area contributed by atoms with E-state index >= 15 is 0 Å². The van der Waals surface area contributed by atoms with Gasteiger partial charge in [0.2, 0.25) is 0 Å². The molecule has 0 aromatic carbocycles. The first kappa shape index (κ1) is 12.7. The van der Waals surface area contributed by atoms with Gasteiger partial charge in [-0.3, -0.25) is 0 Å². The Hall–Kier alpha value is -1.73. The van der Waals surface area contributed by atoms with E-state index in [0.717, 1.165) is 0 Å². The van der Waals surface area contributed by atoms with Gasteiger partial charge in [-0.05, 0) is 12.1 Å². The van der Waals surface area contributed by atoms with Crippen molar-refractivity contribution in [3.63, 3.8) is 0 Å². The molecule has 0 amide bonds. The van der Waals surface area contributed by atoms with E-state index in [1.165, 1.54) is 12.4 Å². The Labute approximate surface area is 113 Å². The molecule has 6 nitrogen and oxygen atoms in total. The molecule has 1 aliphatic rings. The lowest BCUT2D eigenvalue weighted by molar-refractivity contribution is -0.133. The lowest BCUT2D eigenvalue weighted by Gasteiger charge is -2.23. The van der Waals surface area contributed by atoms with Crippen LogP contribution in [0.2, 0.25) is 0 Å².